The first-order valence-corrected chi connectivity index (χ1v) is 9.98. The maximum absolute atomic E-state index is 12.8. The highest BCUT2D eigenvalue weighted by molar-refractivity contribution is 9.10. The number of primary amides is 1. The molecule has 0 heterocycles. The molecular weight excluding hydrogens is 380 g/mol. The van der Waals surface area contributed by atoms with Crippen molar-refractivity contribution in [2.45, 2.75) is 55.3 Å². The summed E-state index contributed by atoms with van der Waals surface area (Å²) in [7, 11) is 0. The minimum absolute atomic E-state index is 0.0503. The zero-order valence-corrected chi connectivity index (χ0v) is 15.9. The van der Waals surface area contributed by atoms with Crippen molar-refractivity contribution >= 4 is 27.7 Å². The summed E-state index contributed by atoms with van der Waals surface area (Å²) in [5.74, 6) is 0.927. The molecule has 2 amide bonds. The molecule has 0 aliphatic heterocycles. The van der Waals surface area contributed by atoms with Crippen molar-refractivity contribution in [2.24, 2.45) is 23.0 Å². The fourth-order valence-electron chi connectivity index (χ4n) is 6.06. The summed E-state index contributed by atoms with van der Waals surface area (Å²) >= 11 is 3.99. The molecule has 3 N–H and O–H groups in total. The van der Waals surface area contributed by atoms with E-state index in [1.165, 1.54) is 19.3 Å². The number of alkyl halides is 1. The van der Waals surface area contributed by atoms with E-state index in [4.69, 9.17) is 5.73 Å². The van der Waals surface area contributed by atoms with Gasteiger partial charge in [0.2, 0.25) is 11.8 Å². The fourth-order valence-corrected chi connectivity index (χ4v) is 7.57. The number of carbonyl (C=O) groups is 2. The van der Waals surface area contributed by atoms with E-state index in [1.807, 2.05) is 30.3 Å². The fraction of sp³-hybridized carbons (Fsp3) is 0.600. The first-order chi connectivity index (χ1) is 11.9. The molecule has 4 aliphatic carbocycles. The van der Waals surface area contributed by atoms with Crippen molar-refractivity contribution in [3.63, 3.8) is 0 Å². The largest absolute Gasteiger partial charge is 0.368 e. The average Bonchev–Trinajstić information content (AvgIpc) is 2.50. The van der Waals surface area contributed by atoms with Gasteiger partial charge in [-0.05, 0) is 61.3 Å². The number of hydrogen-bond acceptors (Lipinski definition) is 2. The Morgan fingerprint density at radius 2 is 1.80 bits per heavy atom. The van der Waals surface area contributed by atoms with Crippen LogP contribution >= 0.6 is 15.9 Å². The molecule has 0 saturated heterocycles. The van der Waals surface area contributed by atoms with Gasteiger partial charge in [0.15, 0.2) is 0 Å². The molecule has 4 saturated carbocycles. The van der Waals surface area contributed by atoms with Crippen molar-refractivity contribution in [1.82, 2.24) is 5.32 Å². The van der Waals surface area contributed by atoms with Crippen molar-refractivity contribution in [3.8, 4) is 0 Å². The van der Waals surface area contributed by atoms with Gasteiger partial charge >= 0.3 is 0 Å². The van der Waals surface area contributed by atoms with Crippen LogP contribution in [0.5, 0.6) is 0 Å². The molecule has 1 aromatic carbocycles. The van der Waals surface area contributed by atoms with Gasteiger partial charge in [0.1, 0.15) is 6.04 Å². The average molecular weight is 405 g/mol. The van der Waals surface area contributed by atoms with Crippen LogP contribution in [0.15, 0.2) is 30.3 Å². The Hall–Kier alpha value is -1.36. The van der Waals surface area contributed by atoms with Crippen LogP contribution in [0.3, 0.4) is 0 Å². The van der Waals surface area contributed by atoms with E-state index in [9.17, 15) is 9.59 Å². The summed E-state index contributed by atoms with van der Waals surface area (Å²) in [6, 6.07) is 8.49. The Balaban J connectivity index is 1.48. The number of rotatable bonds is 5. The number of nitrogens with two attached hydrogens (primary N) is 1. The number of halogens is 1. The summed E-state index contributed by atoms with van der Waals surface area (Å²) in [6.07, 6.45) is 7.71. The number of benzene rings is 1. The smallest absolute Gasteiger partial charge is 0.244 e. The van der Waals surface area contributed by atoms with Crippen molar-refractivity contribution in [2.75, 3.05) is 0 Å². The molecule has 0 spiro atoms. The molecule has 3 atom stereocenters. The molecule has 3 unspecified atom stereocenters. The number of hydrogen-bond donors (Lipinski definition) is 2. The van der Waals surface area contributed by atoms with Crippen molar-refractivity contribution in [3.05, 3.63) is 35.9 Å². The molecule has 5 rings (SSSR count). The van der Waals surface area contributed by atoms with Crippen LogP contribution in [-0.2, 0) is 9.59 Å². The third kappa shape index (κ3) is 3.35. The van der Waals surface area contributed by atoms with Gasteiger partial charge in [-0.15, -0.1) is 0 Å². The summed E-state index contributed by atoms with van der Waals surface area (Å²) in [5, 5.41) is 2.89. The summed E-state index contributed by atoms with van der Waals surface area (Å²) in [5.41, 5.74) is 6.37. The van der Waals surface area contributed by atoms with Gasteiger partial charge in [0.05, 0.1) is 0 Å². The Morgan fingerprint density at radius 3 is 2.36 bits per heavy atom. The van der Waals surface area contributed by atoms with Gasteiger partial charge in [-0.25, -0.2) is 0 Å². The van der Waals surface area contributed by atoms with Crippen molar-refractivity contribution in [1.29, 1.82) is 0 Å². The summed E-state index contributed by atoms with van der Waals surface area (Å²) < 4.78 is 0.236. The molecule has 0 aromatic heterocycles. The Bertz CT molecular complexity index is 676. The molecule has 4 nitrogen and oxygen atoms in total. The predicted octanol–water partition coefficient (Wildman–Crippen LogP) is 3.45. The minimum atomic E-state index is -0.749. The maximum atomic E-state index is 12.8. The molecule has 25 heavy (non-hydrogen) atoms. The molecule has 134 valence electrons. The Kier molecular flexibility index (Phi) is 4.18. The van der Waals surface area contributed by atoms with E-state index in [0.717, 1.165) is 36.7 Å². The quantitative estimate of drug-likeness (QED) is 0.737. The van der Waals surface area contributed by atoms with E-state index in [0.29, 0.717) is 6.42 Å². The first kappa shape index (κ1) is 17.1. The van der Waals surface area contributed by atoms with Gasteiger partial charge in [-0.1, -0.05) is 46.3 Å². The number of nitrogens with one attached hydrogen (secondary N) is 1. The van der Waals surface area contributed by atoms with Crippen LogP contribution in [0.2, 0.25) is 0 Å². The predicted molar refractivity (Wildman–Crippen MR) is 99.9 cm³/mol. The standard InChI is InChI=1S/C20H25BrN2O2/c21-20-9-13-6-14(10-20)8-19(7-13,12-20)11-16(24)23-17(18(22)25)15-4-2-1-3-5-15/h1-5,13-14,17H,6-12H2,(H2,22,25)(H,23,24). The van der Waals surface area contributed by atoms with Crippen LogP contribution < -0.4 is 11.1 Å². The van der Waals surface area contributed by atoms with Crippen LogP contribution in [0.4, 0.5) is 0 Å². The highest BCUT2D eigenvalue weighted by Crippen LogP contribution is 2.65. The van der Waals surface area contributed by atoms with Crippen LogP contribution in [0, 0.1) is 17.3 Å². The maximum Gasteiger partial charge on any atom is 0.244 e. The second kappa shape index (κ2) is 6.11. The van der Waals surface area contributed by atoms with Crippen LogP contribution in [0.1, 0.15) is 56.6 Å². The SMILES string of the molecule is NC(=O)C(NC(=O)CC12CC3CC(CC(Br)(C3)C1)C2)c1ccccc1. The Labute approximate surface area is 157 Å². The van der Waals surface area contributed by atoms with E-state index in [2.05, 4.69) is 21.2 Å². The molecular formula is C20H25BrN2O2. The second-order valence-electron chi connectivity index (χ2n) is 8.60. The van der Waals surface area contributed by atoms with Crippen LogP contribution in [0.25, 0.3) is 0 Å². The normalized spacial score (nSPS) is 36.8. The van der Waals surface area contributed by atoms with Gasteiger partial charge in [-0.3, -0.25) is 9.59 Å². The topological polar surface area (TPSA) is 72.2 Å². The lowest BCUT2D eigenvalue weighted by atomic mass is 9.48. The number of carbonyl (C=O) groups excluding carboxylic acids is 2. The molecule has 4 fully saturated rings. The first-order valence-electron chi connectivity index (χ1n) is 9.19. The van der Waals surface area contributed by atoms with Gasteiger partial charge in [0, 0.05) is 10.7 Å². The lowest BCUT2D eigenvalue weighted by molar-refractivity contribution is -0.132. The van der Waals surface area contributed by atoms with Gasteiger partial charge < -0.3 is 11.1 Å². The zero-order chi connectivity index (χ0) is 17.7. The molecule has 4 bridgehead atoms. The van der Waals surface area contributed by atoms with Crippen LogP contribution in [-0.4, -0.2) is 16.1 Å². The molecule has 1 aromatic rings. The number of amides is 2. The monoisotopic (exact) mass is 404 g/mol. The highest BCUT2D eigenvalue weighted by Gasteiger charge is 2.57. The van der Waals surface area contributed by atoms with E-state index in [1.54, 1.807) is 0 Å². The van der Waals surface area contributed by atoms with E-state index in [-0.39, 0.29) is 15.6 Å². The molecule has 4 aliphatic rings. The van der Waals surface area contributed by atoms with Crippen molar-refractivity contribution < 1.29 is 9.59 Å². The lowest BCUT2D eigenvalue weighted by Gasteiger charge is -2.60. The highest BCUT2D eigenvalue weighted by atomic mass is 79.9. The third-order valence-electron chi connectivity index (χ3n) is 6.37. The molecule has 0 radical (unpaired) electrons. The summed E-state index contributed by atoms with van der Waals surface area (Å²) in [6.45, 7) is 0. The van der Waals surface area contributed by atoms with E-state index >= 15 is 0 Å². The minimum Gasteiger partial charge on any atom is -0.368 e. The Morgan fingerprint density at radius 1 is 1.16 bits per heavy atom. The molecule has 5 heteroatoms. The lowest BCUT2D eigenvalue weighted by Crippen LogP contribution is -2.54. The zero-order valence-electron chi connectivity index (χ0n) is 14.3. The van der Waals surface area contributed by atoms with E-state index < -0.39 is 11.9 Å². The summed E-state index contributed by atoms with van der Waals surface area (Å²) in [4.78, 5) is 24.6. The second-order valence-corrected chi connectivity index (χ2v) is 10.3. The third-order valence-corrected chi connectivity index (χ3v) is 7.30. The van der Waals surface area contributed by atoms with Gasteiger partial charge in [0.25, 0.3) is 0 Å². The van der Waals surface area contributed by atoms with Gasteiger partial charge in [-0.2, -0.15) is 0 Å².